The van der Waals surface area contributed by atoms with E-state index in [1.807, 2.05) is 0 Å². The lowest BCUT2D eigenvalue weighted by Crippen LogP contribution is -2.26. The first kappa shape index (κ1) is 15.8. The van der Waals surface area contributed by atoms with Crippen molar-refractivity contribution in [3.05, 3.63) is 29.8 Å². The molecule has 2 rings (SSSR count). The zero-order chi connectivity index (χ0) is 14.9. The van der Waals surface area contributed by atoms with Gasteiger partial charge < -0.3 is 19.9 Å². The van der Waals surface area contributed by atoms with E-state index in [-0.39, 0.29) is 5.56 Å². The Kier molecular flexibility index (Phi) is 6.50. The Bertz CT molecular complexity index is 444. The van der Waals surface area contributed by atoms with Crippen LogP contribution in [0, 0.1) is 0 Å². The van der Waals surface area contributed by atoms with Crippen LogP contribution in [0.1, 0.15) is 36.0 Å². The van der Waals surface area contributed by atoms with Crippen molar-refractivity contribution >= 4 is 5.97 Å². The molecule has 1 aliphatic carbocycles. The quantitative estimate of drug-likeness (QED) is 0.684. The minimum atomic E-state index is -0.942. The van der Waals surface area contributed by atoms with Crippen molar-refractivity contribution in [1.82, 2.24) is 5.32 Å². The van der Waals surface area contributed by atoms with E-state index in [0.717, 1.165) is 13.2 Å². The van der Waals surface area contributed by atoms with E-state index in [0.29, 0.717) is 25.0 Å². The first-order valence-corrected chi connectivity index (χ1v) is 7.54. The number of benzene rings is 1. The Labute approximate surface area is 125 Å². The molecule has 0 aliphatic heterocycles. The normalized spacial score (nSPS) is 15.2. The van der Waals surface area contributed by atoms with Crippen LogP contribution in [0.25, 0.3) is 0 Å². The molecule has 1 fully saturated rings. The number of carbonyl (C=O) groups is 1. The molecule has 0 amide bonds. The van der Waals surface area contributed by atoms with Crippen molar-refractivity contribution in [3.63, 3.8) is 0 Å². The highest BCUT2D eigenvalue weighted by Gasteiger charge is 2.14. The Hall–Kier alpha value is -1.59. The largest absolute Gasteiger partial charge is 0.492 e. The fraction of sp³-hybridized carbons (Fsp3) is 0.562. The lowest BCUT2D eigenvalue weighted by Gasteiger charge is -2.12. The van der Waals surface area contributed by atoms with Gasteiger partial charge in [-0.15, -0.1) is 0 Å². The summed E-state index contributed by atoms with van der Waals surface area (Å²) in [7, 11) is 0. The van der Waals surface area contributed by atoms with Gasteiger partial charge in [-0.25, -0.2) is 4.79 Å². The zero-order valence-corrected chi connectivity index (χ0v) is 12.2. The smallest absolute Gasteiger partial charge is 0.335 e. The number of aromatic carboxylic acids is 1. The van der Waals surface area contributed by atoms with Crippen LogP contribution in [-0.4, -0.2) is 43.5 Å². The standard InChI is InChI=1S/C16H23NO4/c18-16(19)13-4-3-7-15(12-13)21-11-9-17-8-10-20-14-5-1-2-6-14/h3-4,7,12,14,17H,1-2,5-6,8-11H2,(H,18,19). The molecule has 1 aromatic carbocycles. The lowest BCUT2D eigenvalue weighted by atomic mass is 10.2. The molecular formula is C16H23NO4. The highest BCUT2D eigenvalue weighted by atomic mass is 16.5. The minimum absolute atomic E-state index is 0.241. The lowest BCUT2D eigenvalue weighted by molar-refractivity contribution is 0.0600. The maximum Gasteiger partial charge on any atom is 0.335 e. The van der Waals surface area contributed by atoms with Crippen molar-refractivity contribution in [1.29, 1.82) is 0 Å². The first-order chi connectivity index (χ1) is 10.3. The number of ether oxygens (including phenoxy) is 2. The highest BCUT2D eigenvalue weighted by Crippen LogP contribution is 2.20. The summed E-state index contributed by atoms with van der Waals surface area (Å²) in [5.41, 5.74) is 0.241. The molecule has 2 N–H and O–H groups in total. The molecule has 0 saturated heterocycles. The van der Waals surface area contributed by atoms with Gasteiger partial charge in [0.15, 0.2) is 0 Å². The number of rotatable bonds is 9. The van der Waals surface area contributed by atoms with E-state index in [9.17, 15) is 4.79 Å². The first-order valence-electron chi connectivity index (χ1n) is 7.54. The maximum absolute atomic E-state index is 10.8. The Morgan fingerprint density at radius 3 is 2.76 bits per heavy atom. The second kappa shape index (κ2) is 8.64. The van der Waals surface area contributed by atoms with E-state index in [4.69, 9.17) is 14.6 Å². The molecule has 116 valence electrons. The van der Waals surface area contributed by atoms with Crippen LogP contribution in [0.3, 0.4) is 0 Å². The van der Waals surface area contributed by atoms with Crippen molar-refractivity contribution in [2.75, 3.05) is 26.3 Å². The molecule has 0 unspecified atom stereocenters. The summed E-state index contributed by atoms with van der Waals surface area (Å²) >= 11 is 0. The van der Waals surface area contributed by atoms with Gasteiger partial charge in [-0.3, -0.25) is 0 Å². The second-order valence-electron chi connectivity index (χ2n) is 5.21. The number of hydrogen-bond acceptors (Lipinski definition) is 4. The molecular weight excluding hydrogens is 270 g/mol. The third-order valence-corrected chi connectivity index (χ3v) is 3.56. The van der Waals surface area contributed by atoms with Gasteiger partial charge in [0.25, 0.3) is 0 Å². The van der Waals surface area contributed by atoms with Crippen LogP contribution >= 0.6 is 0 Å². The van der Waals surface area contributed by atoms with Crippen LogP contribution in [-0.2, 0) is 4.74 Å². The Morgan fingerprint density at radius 1 is 1.24 bits per heavy atom. The summed E-state index contributed by atoms with van der Waals surface area (Å²) in [6.07, 6.45) is 5.44. The van der Waals surface area contributed by atoms with Crippen LogP contribution in [0.15, 0.2) is 24.3 Å². The predicted octanol–water partition coefficient (Wildman–Crippen LogP) is 2.31. The topological polar surface area (TPSA) is 67.8 Å². The van der Waals surface area contributed by atoms with E-state index in [1.54, 1.807) is 18.2 Å². The van der Waals surface area contributed by atoms with Gasteiger partial charge in [-0.1, -0.05) is 18.9 Å². The molecule has 0 spiro atoms. The monoisotopic (exact) mass is 293 g/mol. The average Bonchev–Trinajstić information content (AvgIpc) is 3.00. The number of hydrogen-bond donors (Lipinski definition) is 2. The van der Waals surface area contributed by atoms with E-state index < -0.39 is 5.97 Å². The molecule has 5 heteroatoms. The summed E-state index contributed by atoms with van der Waals surface area (Å²) < 4.78 is 11.3. The fourth-order valence-electron chi connectivity index (χ4n) is 2.44. The molecule has 0 heterocycles. The third kappa shape index (κ3) is 5.73. The van der Waals surface area contributed by atoms with Gasteiger partial charge in [0, 0.05) is 13.1 Å². The van der Waals surface area contributed by atoms with Crippen molar-refractivity contribution in [2.24, 2.45) is 0 Å². The zero-order valence-electron chi connectivity index (χ0n) is 12.2. The van der Waals surface area contributed by atoms with E-state index in [2.05, 4.69) is 5.32 Å². The molecule has 0 bridgehead atoms. The summed E-state index contributed by atoms with van der Waals surface area (Å²) in [6, 6.07) is 6.52. The Balaban J connectivity index is 1.53. The molecule has 1 aliphatic rings. The molecule has 5 nitrogen and oxygen atoms in total. The van der Waals surface area contributed by atoms with Crippen LogP contribution in [0.2, 0.25) is 0 Å². The predicted molar refractivity (Wildman–Crippen MR) is 80.0 cm³/mol. The maximum atomic E-state index is 10.8. The second-order valence-corrected chi connectivity index (χ2v) is 5.21. The average molecular weight is 293 g/mol. The third-order valence-electron chi connectivity index (χ3n) is 3.56. The summed E-state index contributed by atoms with van der Waals surface area (Å²) in [4.78, 5) is 10.8. The highest BCUT2D eigenvalue weighted by molar-refractivity contribution is 5.87. The summed E-state index contributed by atoms with van der Waals surface area (Å²) in [5.74, 6) is -0.360. The van der Waals surface area contributed by atoms with Crippen molar-refractivity contribution < 1.29 is 19.4 Å². The Morgan fingerprint density at radius 2 is 2.00 bits per heavy atom. The minimum Gasteiger partial charge on any atom is -0.492 e. The van der Waals surface area contributed by atoms with Gasteiger partial charge in [0.2, 0.25) is 0 Å². The van der Waals surface area contributed by atoms with Crippen LogP contribution in [0.5, 0.6) is 5.75 Å². The van der Waals surface area contributed by atoms with Gasteiger partial charge in [0.1, 0.15) is 12.4 Å². The number of carboxylic acids is 1. The summed E-state index contributed by atoms with van der Waals surface area (Å²) in [5, 5.41) is 12.1. The molecule has 1 aromatic rings. The van der Waals surface area contributed by atoms with Gasteiger partial charge in [0.05, 0.1) is 18.3 Å². The molecule has 0 aromatic heterocycles. The molecule has 1 saturated carbocycles. The van der Waals surface area contributed by atoms with Gasteiger partial charge in [-0.05, 0) is 31.0 Å². The fourth-order valence-corrected chi connectivity index (χ4v) is 2.44. The van der Waals surface area contributed by atoms with Crippen LogP contribution < -0.4 is 10.1 Å². The van der Waals surface area contributed by atoms with Gasteiger partial charge >= 0.3 is 5.97 Å². The number of nitrogens with one attached hydrogen (secondary N) is 1. The SMILES string of the molecule is O=C(O)c1cccc(OCCNCCOC2CCCC2)c1. The van der Waals surface area contributed by atoms with Crippen molar-refractivity contribution in [2.45, 2.75) is 31.8 Å². The molecule has 21 heavy (non-hydrogen) atoms. The van der Waals surface area contributed by atoms with E-state index >= 15 is 0 Å². The van der Waals surface area contributed by atoms with Crippen molar-refractivity contribution in [3.8, 4) is 5.75 Å². The molecule has 0 atom stereocenters. The van der Waals surface area contributed by atoms with Crippen LogP contribution in [0.4, 0.5) is 0 Å². The summed E-state index contributed by atoms with van der Waals surface area (Å²) in [6.45, 7) is 2.77. The van der Waals surface area contributed by atoms with E-state index in [1.165, 1.54) is 31.7 Å². The molecule has 0 radical (unpaired) electrons. The van der Waals surface area contributed by atoms with Gasteiger partial charge in [-0.2, -0.15) is 0 Å². The number of carboxylic acid groups (broad SMARTS) is 1.